The van der Waals surface area contributed by atoms with Gasteiger partial charge < -0.3 is 10.1 Å². The molecule has 1 fully saturated rings. The van der Waals surface area contributed by atoms with E-state index < -0.39 is 11.4 Å². The van der Waals surface area contributed by atoms with Crippen molar-refractivity contribution in [3.63, 3.8) is 0 Å². The summed E-state index contributed by atoms with van der Waals surface area (Å²) < 4.78 is 6.44. The van der Waals surface area contributed by atoms with Crippen LogP contribution in [0.2, 0.25) is 5.02 Å². The van der Waals surface area contributed by atoms with Gasteiger partial charge in [0, 0.05) is 24.3 Å². The standard InChI is InChI=1S/C16H19ClN4O3/c1-10(11-3-2-4-12(17)9-11)18-14-19-15(22)21(16(23)20-14)13-5-7-24-8-6-13/h2-4,9-10,13H,5-8H2,1H3,(H2,18,19,20,22,23)/t10-/m0/s1. The van der Waals surface area contributed by atoms with Crippen LogP contribution in [0.3, 0.4) is 0 Å². The molecule has 1 saturated heterocycles. The highest BCUT2D eigenvalue weighted by atomic mass is 35.5. The van der Waals surface area contributed by atoms with E-state index in [4.69, 9.17) is 16.3 Å². The first-order valence-corrected chi connectivity index (χ1v) is 8.25. The van der Waals surface area contributed by atoms with E-state index in [9.17, 15) is 9.59 Å². The average Bonchev–Trinajstić information content (AvgIpc) is 2.55. The van der Waals surface area contributed by atoms with E-state index >= 15 is 0 Å². The molecule has 0 spiro atoms. The Morgan fingerprint density at radius 2 is 2.12 bits per heavy atom. The first kappa shape index (κ1) is 16.7. The van der Waals surface area contributed by atoms with E-state index in [2.05, 4.69) is 15.3 Å². The van der Waals surface area contributed by atoms with Gasteiger partial charge in [-0.2, -0.15) is 4.98 Å². The molecular weight excluding hydrogens is 332 g/mol. The van der Waals surface area contributed by atoms with Gasteiger partial charge >= 0.3 is 11.4 Å². The molecule has 1 aromatic heterocycles. The monoisotopic (exact) mass is 350 g/mol. The molecular formula is C16H19ClN4O3. The molecule has 1 aromatic carbocycles. The van der Waals surface area contributed by atoms with E-state index in [0.717, 1.165) is 5.56 Å². The van der Waals surface area contributed by atoms with Gasteiger partial charge in [0.25, 0.3) is 0 Å². The number of aromatic amines is 1. The average molecular weight is 351 g/mol. The van der Waals surface area contributed by atoms with Crippen LogP contribution >= 0.6 is 11.6 Å². The molecule has 0 unspecified atom stereocenters. The Hall–Kier alpha value is -2.12. The summed E-state index contributed by atoms with van der Waals surface area (Å²) in [6.07, 6.45) is 1.27. The molecule has 0 bridgehead atoms. The molecule has 1 atom stereocenters. The zero-order valence-electron chi connectivity index (χ0n) is 13.3. The van der Waals surface area contributed by atoms with Gasteiger partial charge in [-0.15, -0.1) is 0 Å². The third kappa shape index (κ3) is 3.68. The van der Waals surface area contributed by atoms with Crippen molar-refractivity contribution in [2.24, 2.45) is 0 Å². The van der Waals surface area contributed by atoms with Crippen molar-refractivity contribution in [2.45, 2.75) is 31.8 Å². The molecule has 2 aromatic rings. The molecule has 3 rings (SSSR count). The Labute approximate surface area is 143 Å². The third-order valence-corrected chi connectivity index (χ3v) is 4.35. The highest BCUT2D eigenvalue weighted by Gasteiger charge is 2.20. The number of rotatable bonds is 4. The van der Waals surface area contributed by atoms with Crippen LogP contribution in [-0.2, 0) is 4.74 Å². The normalized spacial score (nSPS) is 16.8. The van der Waals surface area contributed by atoms with Crippen molar-refractivity contribution in [2.75, 3.05) is 18.5 Å². The van der Waals surface area contributed by atoms with Gasteiger partial charge in [0.1, 0.15) is 0 Å². The molecule has 8 heteroatoms. The van der Waals surface area contributed by atoms with Gasteiger partial charge in [-0.3, -0.25) is 4.98 Å². The molecule has 7 nitrogen and oxygen atoms in total. The second-order valence-corrected chi connectivity index (χ2v) is 6.24. The number of aromatic nitrogens is 3. The van der Waals surface area contributed by atoms with Crippen molar-refractivity contribution < 1.29 is 4.74 Å². The van der Waals surface area contributed by atoms with Gasteiger partial charge in [0.15, 0.2) is 0 Å². The fourth-order valence-electron chi connectivity index (χ4n) is 2.82. The van der Waals surface area contributed by atoms with Crippen LogP contribution in [0.4, 0.5) is 5.95 Å². The summed E-state index contributed by atoms with van der Waals surface area (Å²) in [5.74, 6) is 0.154. The minimum atomic E-state index is -0.550. The van der Waals surface area contributed by atoms with Crippen molar-refractivity contribution in [3.8, 4) is 0 Å². The zero-order valence-corrected chi connectivity index (χ0v) is 14.0. The number of H-pyrrole nitrogens is 1. The fraction of sp³-hybridized carbons (Fsp3) is 0.438. The molecule has 24 heavy (non-hydrogen) atoms. The predicted octanol–water partition coefficient (Wildman–Crippen LogP) is 2.11. The lowest BCUT2D eigenvalue weighted by molar-refractivity contribution is 0.0670. The lowest BCUT2D eigenvalue weighted by atomic mass is 10.1. The molecule has 1 aliphatic rings. The van der Waals surface area contributed by atoms with Crippen LogP contribution in [0.1, 0.15) is 37.4 Å². The number of anilines is 1. The van der Waals surface area contributed by atoms with E-state index in [-0.39, 0.29) is 18.0 Å². The number of nitrogens with zero attached hydrogens (tertiary/aromatic N) is 2. The number of ether oxygens (including phenoxy) is 1. The van der Waals surface area contributed by atoms with E-state index in [0.29, 0.717) is 31.1 Å². The Bertz CT molecular complexity index is 795. The second kappa shape index (κ2) is 7.19. The second-order valence-electron chi connectivity index (χ2n) is 5.81. The summed E-state index contributed by atoms with van der Waals surface area (Å²) in [4.78, 5) is 31.2. The summed E-state index contributed by atoms with van der Waals surface area (Å²) in [7, 11) is 0. The van der Waals surface area contributed by atoms with Crippen molar-refractivity contribution in [3.05, 3.63) is 55.8 Å². The molecule has 0 saturated carbocycles. The molecule has 1 aliphatic heterocycles. The van der Waals surface area contributed by atoms with Gasteiger partial charge in [-0.05, 0) is 37.5 Å². The van der Waals surface area contributed by atoms with Gasteiger partial charge in [0.2, 0.25) is 5.95 Å². The van der Waals surface area contributed by atoms with E-state index in [1.807, 2.05) is 25.1 Å². The molecule has 0 aliphatic carbocycles. The van der Waals surface area contributed by atoms with Crippen LogP contribution in [0.15, 0.2) is 33.9 Å². The van der Waals surface area contributed by atoms with Gasteiger partial charge in [0.05, 0.1) is 6.04 Å². The fourth-order valence-corrected chi connectivity index (χ4v) is 3.02. The number of halogens is 1. The SMILES string of the molecule is C[C@H](Nc1nc(=O)n(C2CCOCC2)c(=O)[nH]1)c1cccc(Cl)c1. The Morgan fingerprint density at radius 1 is 1.38 bits per heavy atom. The maximum atomic E-state index is 12.3. The Balaban J connectivity index is 1.82. The summed E-state index contributed by atoms with van der Waals surface area (Å²) in [5, 5.41) is 3.66. The summed E-state index contributed by atoms with van der Waals surface area (Å²) in [5.41, 5.74) is -0.0760. The molecule has 2 heterocycles. The van der Waals surface area contributed by atoms with Gasteiger partial charge in [-0.25, -0.2) is 14.2 Å². The minimum Gasteiger partial charge on any atom is -0.381 e. The predicted molar refractivity (Wildman–Crippen MR) is 91.7 cm³/mol. The topological polar surface area (TPSA) is 89.0 Å². The highest BCUT2D eigenvalue weighted by molar-refractivity contribution is 6.30. The van der Waals surface area contributed by atoms with Crippen molar-refractivity contribution >= 4 is 17.5 Å². The number of hydrogen-bond donors (Lipinski definition) is 2. The number of nitrogens with one attached hydrogen (secondary N) is 2. The summed E-state index contributed by atoms with van der Waals surface area (Å²) >= 11 is 5.98. The van der Waals surface area contributed by atoms with Gasteiger partial charge in [-0.1, -0.05) is 23.7 Å². The van der Waals surface area contributed by atoms with Crippen LogP contribution in [0, 0.1) is 0 Å². The molecule has 128 valence electrons. The maximum absolute atomic E-state index is 12.3. The third-order valence-electron chi connectivity index (χ3n) is 4.12. The minimum absolute atomic E-state index is 0.154. The lowest BCUT2D eigenvalue weighted by Crippen LogP contribution is -2.42. The Kier molecular flexibility index (Phi) is 5.01. The van der Waals surface area contributed by atoms with Crippen LogP contribution in [-0.4, -0.2) is 27.7 Å². The quantitative estimate of drug-likeness (QED) is 0.881. The zero-order chi connectivity index (χ0) is 17.1. The van der Waals surface area contributed by atoms with Crippen LogP contribution in [0.25, 0.3) is 0 Å². The van der Waals surface area contributed by atoms with Crippen molar-refractivity contribution in [1.29, 1.82) is 0 Å². The molecule has 0 amide bonds. The maximum Gasteiger partial charge on any atom is 0.355 e. The van der Waals surface area contributed by atoms with E-state index in [1.165, 1.54) is 4.57 Å². The smallest absolute Gasteiger partial charge is 0.355 e. The van der Waals surface area contributed by atoms with E-state index in [1.54, 1.807) is 6.07 Å². The highest BCUT2D eigenvalue weighted by Crippen LogP contribution is 2.20. The summed E-state index contributed by atoms with van der Waals surface area (Å²) in [6, 6.07) is 7.03. The lowest BCUT2D eigenvalue weighted by Gasteiger charge is -2.23. The number of hydrogen-bond acceptors (Lipinski definition) is 5. The van der Waals surface area contributed by atoms with Crippen LogP contribution in [0.5, 0.6) is 0 Å². The largest absolute Gasteiger partial charge is 0.381 e. The molecule has 0 radical (unpaired) electrons. The first-order chi connectivity index (χ1) is 11.5. The van der Waals surface area contributed by atoms with Crippen LogP contribution < -0.4 is 16.7 Å². The van der Waals surface area contributed by atoms with Crippen molar-refractivity contribution in [1.82, 2.24) is 14.5 Å². The first-order valence-electron chi connectivity index (χ1n) is 7.87. The summed E-state index contributed by atoms with van der Waals surface area (Å²) in [6.45, 7) is 2.99. The molecule has 2 N–H and O–H groups in total. The number of benzene rings is 1. The Morgan fingerprint density at radius 3 is 2.79 bits per heavy atom.